The van der Waals surface area contributed by atoms with Gasteiger partial charge in [-0.15, -0.1) is 0 Å². The number of benzene rings is 1. The highest BCUT2D eigenvalue weighted by Crippen LogP contribution is 2.34. The summed E-state index contributed by atoms with van der Waals surface area (Å²) in [5.41, 5.74) is 6.80. The summed E-state index contributed by atoms with van der Waals surface area (Å²) in [6.07, 6.45) is 1.36. The molecular weight excluding hydrogens is 270 g/mol. The first kappa shape index (κ1) is 13.9. The van der Waals surface area contributed by atoms with E-state index < -0.39 is 6.61 Å². The number of anilines is 1. The van der Waals surface area contributed by atoms with Crippen molar-refractivity contribution in [1.82, 2.24) is 9.66 Å². The molecule has 0 saturated heterocycles. The molecule has 20 heavy (non-hydrogen) atoms. The molecule has 0 aliphatic rings. The van der Waals surface area contributed by atoms with Gasteiger partial charge >= 0.3 is 6.61 Å². The molecule has 0 atom stereocenters. The number of hydrogen-bond donors (Lipinski definition) is 2. The zero-order valence-electron chi connectivity index (χ0n) is 10.7. The number of imidazole rings is 1. The zero-order chi connectivity index (χ0) is 14.7. The van der Waals surface area contributed by atoms with Crippen LogP contribution in [0.1, 0.15) is 6.92 Å². The van der Waals surface area contributed by atoms with Crippen LogP contribution in [0.15, 0.2) is 24.5 Å². The van der Waals surface area contributed by atoms with Gasteiger partial charge in [0.15, 0.2) is 11.5 Å². The number of halogens is 2. The molecule has 0 amide bonds. The summed E-state index contributed by atoms with van der Waals surface area (Å²) in [5, 5.41) is 0. The maximum atomic E-state index is 12.3. The molecule has 108 valence electrons. The first-order chi connectivity index (χ1) is 9.52. The van der Waals surface area contributed by atoms with Crippen LogP contribution >= 0.6 is 0 Å². The SMILES string of the molecule is CCOc1cc(-c2ncn(N)c2N)ccc1OC(F)F. The number of aromatic nitrogens is 2. The monoisotopic (exact) mass is 284 g/mol. The van der Waals surface area contributed by atoms with Crippen LogP contribution in [0.4, 0.5) is 14.6 Å². The number of rotatable bonds is 5. The first-order valence-corrected chi connectivity index (χ1v) is 5.82. The smallest absolute Gasteiger partial charge is 0.387 e. The van der Waals surface area contributed by atoms with Gasteiger partial charge < -0.3 is 21.1 Å². The molecule has 0 saturated carbocycles. The van der Waals surface area contributed by atoms with Crippen LogP contribution in [0.3, 0.4) is 0 Å². The van der Waals surface area contributed by atoms with Gasteiger partial charge in [-0.2, -0.15) is 8.78 Å². The Kier molecular flexibility index (Phi) is 3.92. The van der Waals surface area contributed by atoms with Crippen LogP contribution in [0.5, 0.6) is 11.5 Å². The average molecular weight is 284 g/mol. The quantitative estimate of drug-likeness (QED) is 0.818. The predicted molar refractivity (Wildman–Crippen MR) is 70.0 cm³/mol. The second-order valence-corrected chi connectivity index (χ2v) is 3.86. The summed E-state index contributed by atoms with van der Waals surface area (Å²) in [6, 6.07) is 4.46. The normalized spacial score (nSPS) is 10.8. The summed E-state index contributed by atoms with van der Waals surface area (Å²) in [7, 11) is 0. The fourth-order valence-corrected chi connectivity index (χ4v) is 1.71. The van der Waals surface area contributed by atoms with Crippen molar-refractivity contribution in [3.05, 3.63) is 24.5 Å². The molecular formula is C12H14F2N4O2. The Bertz CT molecular complexity index is 601. The Morgan fingerprint density at radius 2 is 2.10 bits per heavy atom. The molecule has 0 aliphatic heterocycles. The number of ether oxygens (including phenoxy) is 2. The maximum absolute atomic E-state index is 12.3. The van der Waals surface area contributed by atoms with Gasteiger partial charge in [0.25, 0.3) is 0 Å². The van der Waals surface area contributed by atoms with Crippen molar-refractivity contribution >= 4 is 5.82 Å². The number of hydrogen-bond acceptors (Lipinski definition) is 5. The van der Waals surface area contributed by atoms with Crippen molar-refractivity contribution in [3.8, 4) is 22.8 Å². The Hall–Kier alpha value is -2.51. The highest BCUT2D eigenvalue weighted by Gasteiger charge is 2.15. The third kappa shape index (κ3) is 2.73. The van der Waals surface area contributed by atoms with E-state index in [0.29, 0.717) is 17.9 Å². The van der Waals surface area contributed by atoms with Crippen LogP contribution in [-0.4, -0.2) is 22.9 Å². The topological polar surface area (TPSA) is 88.3 Å². The van der Waals surface area contributed by atoms with Crippen LogP contribution in [-0.2, 0) is 0 Å². The van der Waals surface area contributed by atoms with Crippen molar-refractivity contribution in [2.75, 3.05) is 18.2 Å². The molecule has 8 heteroatoms. The Balaban J connectivity index is 2.41. The molecule has 0 radical (unpaired) electrons. The molecule has 1 aromatic carbocycles. The van der Waals surface area contributed by atoms with E-state index in [4.69, 9.17) is 16.3 Å². The van der Waals surface area contributed by atoms with Gasteiger partial charge in [0.2, 0.25) is 0 Å². The lowest BCUT2D eigenvalue weighted by atomic mass is 10.1. The molecule has 0 spiro atoms. The van der Waals surface area contributed by atoms with Gasteiger partial charge in [0.1, 0.15) is 17.8 Å². The summed E-state index contributed by atoms with van der Waals surface area (Å²) in [5.74, 6) is 5.95. The molecule has 6 nitrogen and oxygen atoms in total. The third-order valence-electron chi connectivity index (χ3n) is 2.57. The van der Waals surface area contributed by atoms with E-state index in [9.17, 15) is 8.78 Å². The van der Waals surface area contributed by atoms with E-state index in [-0.39, 0.29) is 17.3 Å². The summed E-state index contributed by atoms with van der Waals surface area (Å²) < 4.78 is 35.4. The largest absolute Gasteiger partial charge is 0.490 e. The first-order valence-electron chi connectivity index (χ1n) is 5.82. The van der Waals surface area contributed by atoms with E-state index in [1.54, 1.807) is 13.0 Å². The number of alkyl halides is 2. The highest BCUT2D eigenvalue weighted by atomic mass is 19.3. The van der Waals surface area contributed by atoms with E-state index in [2.05, 4.69) is 9.72 Å². The number of nitrogens with zero attached hydrogens (tertiary/aromatic N) is 2. The van der Waals surface area contributed by atoms with E-state index in [1.165, 1.54) is 23.1 Å². The Morgan fingerprint density at radius 1 is 1.35 bits per heavy atom. The van der Waals surface area contributed by atoms with Gasteiger partial charge in [-0.3, -0.25) is 0 Å². The maximum Gasteiger partial charge on any atom is 0.387 e. The third-order valence-corrected chi connectivity index (χ3v) is 2.57. The van der Waals surface area contributed by atoms with Gasteiger partial charge in [0.05, 0.1) is 6.61 Å². The predicted octanol–water partition coefficient (Wildman–Crippen LogP) is 1.85. The second-order valence-electron chi connectivity index (χ2n) is 3.86. The van der Waals surface area contributed by atoms with Gasteiger partial charge in [-0.1, -0.05) is 0 Å². The second kappa shape index (κ2) is 5.64. The minimum atomic E-state index is -2.92. The fraction of sp³-hybridized carbons (Fsp3) is 0.250. The average Bonchev–Trinajstić information content (AvgIpc) is 2.72. The van der Waals surface area contributed by atoms with Crippen molar-refractivity contribution in [2.45, 2.75) is 13.5 Å². The van der Waals surface area contributed by atoms with E-state index in [1.807, 2.05) is 0 Å². The molecule has 1 aromatic heterocycles. The van der Waals surface area contributed by atoms with Gasteiger partial charge in [0, 0.05) is 5.56 Å². The molecule has 4 N–H and O–H groups in total. The van der Waals surface area contributed by atoms with Crippen molar-refractivity contribution < 1.29 is 18.3 Å². The van der Waals surface area contributed by atoms with Crippen LogP contribution in [0.2, 0.25) is 0 Å². The highest BCUT2D eigenvalue weighted by molar-refractivity contribution is 5.72. The lowest BCUT2D eigenvalue weighted by molar-refractivity contribution is -0.0514. The molecule has 0 aliphatic carbocycles. The minimum Gasteiger partial charge on any atom is -0.490 e. The number of nitrogens with two attached hydrogens (primary N) is 2. The molecule has 0 unspecified atom stereocenters. The van der Waals surface area contributed by atoms with Crippen LogP contribution in [0.25, 0.3) is 11.3 Å². The van der Waals surface area contributed by atoms with Crippen LogP contribution < -0.4 is 21.1 Å². The Morgan fingerprint density at radius 3 is 2.65 bits per heavy atom. The Labute approximate surface area is 113 Å². The lowest BCUT2D eigenvalue weighted by Gasteiger charge is -2.12. The van der Waals surface area contributed by atoms with Crippen molar-refractivity contribution in [3.63, 3.8) is 0 Å². The molecule has 0 fully saturated rings. The fourth-order valence-electron chi connectivity index (χ4n) is 1.71. The molecule has 0 bridgehead atoms. The number of nitrogen functional groups attached to an aromatic ring is 2. The van der Waals surface area contributed by atoms with Gasteiger partial charge in [-0.25, -0.2) is 9.66 Å². The molecule has 2 aromatic rings. The summed E-state index contributed by atoms with van der Waals surface area (Å²) in [6.45, 7) is -0.876. The molecule has 1 heterocycles. The van der Waals surface area contributed by atoms with Crippen molar-refractivity contribution in [2.24, 2.45) is 0 Å². The summed E-state index contributed by atoms with van der Waals surface area (Å²) in [4.78, 5) is 4.05. The minimum absolute atomic E-state index is 0.0450. The summed E-state index contributed by atoms with van der Waals surface area (Å²) >= 11 is 0. The lowest BCUT2D eigenvalue weighted by Crippen LogP contribution is -2.10. The van der Waals surface area contributed by atoms with Crippen LogP contribution in [0, 0.1) is 0 Å². The molecule has 2 rings (SSSR count). The van der Waals surface area contributed by atoms with Crippen molar-refractivity contribution in [1.29, 1.82) is 0 Å². The zero-order valence-corrected chi connectivity index (χ0v) is 10.7. The standard InChI is InChI=1S/C12H14F2N4O2/c1-2-19-9-5-7(3-4-8(9)20-12(13)14)10-11(15)18(16)6-17-10/h3-6,12H,2,15-16H2,1H3. The van der Waals surface area contributed by atoms with E-state index >= 15 is 0 Å². The van der Waals surface area contributed by atoms with E-state index in [0.717, 1.165) is 0 Å². The van der Waals surface area contributed by atoms with Gasteiger partial charge in [-0.05, 0) is 25.1 Å².